The summed E-state index contributed by atoms with van der Waals surface area (Å²) in [5.41, 5.74) is 1.25. The average Bonchev–Trinajstić information content (AvgIpc) is 2.69. The van der Waals surface area contributed by atoms with E-state index in [9.17, 15) is 4.79 Å². The first kappa shape index (κ1) is 13.6. The third-order valence-electron chi connectivity index (χ3n) is 3.47. The number of carbonyl (C=O) groups excluding carboxylic acids is 1. The Labute approximate surface area is 114 Å². The van der Waals surface area contributed by atoms with Gasteiger partial charge >= 0.3 is 0 Å². The summed E-state index contributed by atoms with van der Waals surface area (Å²) >= 11 is 1.68. The normalized spacial score (nSPS) is 19.4. The fraction of sp³-hybridized carbons (Fsp3) is 0.667. The molecule has 100 valence electrons. The van der Waals surface area contributed by atoms with E-state index in [-0.39, 0.29) is 11.4 Å². The molecule has 1 atom stereocenters. The molecule has 1 aliphatic carbocycles. The minimum Gasteiger partial charge on any atom is -0.347 e. The highest BCUT2D eigenvalue weighted by Crippen LogP contribution is 2.33. The summed E-state index contributed by atoms with van der Waals surface area (Å²) in [5.74, 6) is 0.889. The van der Waals surface area contributed by atoms with E-state index in [1.165, 1.54) is 23.3 Å². The molecule has 1 aromatic heterocycles. The van der Waals surface area contributed by atoms with Gasteiger partial charge < -0.3 is 5.32 Å². The Balaban J connectivity index is 2.13. The smallest absolute Gasteiger partial charge is 0.261 e. The van der Waals surface area contributed by atoms with Crippen LogP contribution in [0.3, 0.4) is 0 Å². The zero-order valence-electron chi connectivity index (χ0n) is 11.8. The molecule has 1 unspecified atom stereocenters. The number of carbonyl (C=O) groups is 1. The molecule has 1 heterocycles. The second-order valence-corrected chi connectivity index (χ2v) is 7.42. The fourth-order valence-electron chi connectivity index (χ4n) is 2.46. The van der Waals surface area contributed by atoms with Gasteiger partial charge in [0.2, 0.25) is 0 Å². The molecule has 0 saturated carbocycles. The molecular formula is C15H23NOS. The number of aryl methyl sites for hydroxylation is 1. The topological polar surface area (TPSA) is 29.1 Å². The molecule has 1 N–H and O–H groups in total. The van der Waals surface area contributed by atoms with Crippen LogP contribution in [0.4, 0.5) is 0 Å². The van der Waals surface area contributed by atoms with Crippen LogP contribution >= 0.6 is 11.3 Å². The van der Waals surface area contributed by atoms with Crippen molar-refractivity contribution in [2.24, 2.45) is 5.92 Å². The van der Waals surface area contributed by atoms with Gasteiger partial charge in [0, 0.05) is 10.4 Å². The van der Waals surface area contributed by atoms with Gasteiger partial charge in [0.25, 0.3) is 5.91 Å². The summed E-state index contributed by atoms with van der Waals surface area (Å²) < 4.78 is 0. The summed E-state index contributed by atoms with van der Waals surface area (Å²) in [6.07, 6.45) is 4.84. The predicted octanol–water partition coefficient (Wildman–Crippen LogP) is 3.79. The Morgan fingerprint density at radius 3 is 2.83 bits per heavy atom. The summed E-state index contributed by atoms with van der Waals surface area (Å²) in [7, 11) is 0. The minimum atomic E-state index is -0.159. The van der Waals surface area contributed by atoms with Crippen molar-refractivity contribution in [3.05, 3.63) is 21.4 Å². The summed E-state index contributed by atoms with van der Waals surface area (Å²) in [5, 5.41) is 3.04. The van der Waals surface area contributed by atoms with E-state index in [1.807, 2.05) is 20.8 Å². The van der Waals surface area contributed by atoms with E-state index >= 15 is 0 Å². The Morgan fingerprint density at radius 2 is 2.22 bits per heavy atom. The molecule has 0 saturated heterocycles. The van der Waals surface area contributed by atoms with Gasteiger partial charge in [0.15, 0.2) is 0 Å². The molecule has 0 aliphatic heterocycles. The highest BCUT2D eigenvalue weighted by Gasteiger charge is 2.23. The predicted molar refractivity (Wildman–Crippen MR) is 77.3 cm³/mol. The lowest BCUT2D eigenvalue weighted by Crippen LogP contribution is -2.40. The lowest BCUT2D eigenvalue weighted by molar-refractivity contribution is 0.0923. The zero-order valence-corrected chi connectivity index (χ0v) is 12.6. The second kappa shape index (κ2) is 5.04. The molecule has 0 fully saturated rings. The number of amides is 1. The first-order valence-corrected chi connectivity index (χ1v) is 7.65. The number of hydrogen-bond acceptors (Lipinski definition) is 2. The maximum absolute atomic E-state index is 12.1. The lowest BCUT2D eigenvalue weighted by atomic mass is 9.87. The van der Waals surface area contributed by atoms with Crippen molar-refractivity contribution in [1.82, 2.24) is 5.32 Å². The van der Waals surface area contributed by atoms with Crippen molar-refractivity contribution < 1.29 is 4.79 Å². The summed E-state index contributed by atoms with van der Waals surface area (Å²) in [6, 6.07) is 2.11. The molecule has 2 nitrogen and oxygen atoms in total. The number of hydrogen-bond donors (Lipinski definition) is 1. The van der Waals surface area contributed by atoms with E-state index in [1.54, 1.807) is 11.3 Å². The summed E-state index contributed by atoms with van der Waals surface area (Å²) in [6.45, 7) is 8.32. The van der Waals surface area contributed by atoms with Gasteiger partial charge in [-0.3, -0.25) is 4.79 Å². The third-order valence-corrected chi connectivity index (χ3v) is 4.71. The lowest BCUT2D eigenvalue weighted by Gasteiger charge is -2.19. The van der Waals surface area contributed by atoms with Crippen molar-refractivity contribution in [3.8, 4) is 0 Å². The molecule has 0 aromatic carbocycles. The summed E-state index contributed by atoms with van der Waals surface area (Å²) in [4.78, 5) is 14.4. The van der Waals surface area contributed by atoms with Crippen molar-refractivity contribution >= 4 is 17.2 Å². The molecule has 0 spiro atoms. The third kappa shape index (κ3) is 3.14. The van der Waals surface area contributed by atoms with Gasteiger partial charge in [-0.1, -0.05) is 13.3 Å². The van der Waals surface area contributed by atoms with Gasteiger partial charge in [-0.15, -0.1) is 11.3 Å². The van der Waals surface area contributed by atoms with Crippen molar-refractivity contribution in [3.63, 3.8) is 0 Å². The average molecular weight is 265 g/mol. The largest absolute Gasteiger partial charge is 0.347 e. The van der Waals surface area contributed by atoms with Gasteiger partial charge in [-0.2, -0.15) is 0 Å². The Kier molecular flexibility index (Phi) is 3.81. The molecule has 2 rings (SSSR count). The first-order chi connectivity index (χ1) is 8.39. The Morgan fingerprint density at radius 1 is 1.50 bits per heavy atom. The van der Waals surface area contributed by atoms with Crippen LogP contribution in [-0.4, -0.2) is 11.4 Å². The molecule has 0 radical (unpaired) electrons. The van der Waals surface area contributed by atoms with Crippen LogP contribution in [0.5, 0.6) is 0 Å². The van der Waals surface area contributed by atoms with E-state index < -0.39 is 0 Å². The van der Waals surface area contributed by atoms with Gasteiger partial charge in [-0.25, -0.2) is 0 Å². The van der Waals surface area contributed by atoms with Crippen molar-refractivity contribution in [2.45, 2.75) is 58.9 Å². The number of nitrogens with one attached hydrogen (secondary N) is 1. The van der Waals surface area contributed by atoms with E-state index in [0.29, 0.717) is 0 Å². The van der Waals surface area contributed by atoms with E-state index in [2.05, 4.69) is 18.3 Å². The highest BCUT2D eigenvalue weighted by atomic mass is 32.1. The van der Waals surface area contributed by atoms with Crippen molar-refractivity contribution in [1.29, 1.82) is 0 Å². The Hall–Kier alpha value is -0.830. The number of thiophene rings is 1. The van der Waals surface area contributed by atoms with E-state index in [0.717, 1.165) is 23.6 Å². The SMILES string of the molecule is CCC1CCc2sc(C(=O)NC(C)(C)C)cc2C1. The van der Waals surface area contributed by atoms with E-state index in [4.69, 9.17) is 0 Å². The van der Waals surface area contributed by atoms with Gasteiger partial charge in [0.05, 0.1) is 4.88 Å². The van der Waals surface area contributed by atoms with Gasteiger partial charge in [-0.05, 0) is 57.6 Å². The molecule has 3 heteroatoms. The molecule has 1 amide bonds. The van der Waals surface area contributed by atoms with Gasteiger partial charge in [0.1, 0.15) is 0 Å². The van der Waals surface area contributed by atoms with Crippen LogP contribution in [0, 0.1) is 5.92 Å². The maximum Gasteiger partial charge on any atom is 0.261 e. The zero-order chi connectivity index (χ0) is 13.3. The van der Waals surface area contributed by atoms with Crippen molar-refractivity contribution in [2.75, 3.05) is 0 Å². The first-order valence-electron chi connectivity index (χ1n) is 6.83. The number of fused-ring (bicyclic) bond motifs is 1. The molecule has 0 bridgehead atoms. The number of rotatable bonds is 2. The quantitative estimate of drug-likeness (QED) is 0.866. The molecule has 1 aromatic rings. The molecule has 1 aliphatic rings. The van der Waals surface area contributed by atoms with Crippen LogP contribution in [0.1, 0.15) is 60.6 Å². The maximum atomic E-state index is 12.1. The van der Waals surface area contributed by atoms with Crippen LogP contribution in [-0.2, 0) is 12.8 Å². The van der Waals surface area contributed by atoms with Crippen LogP contribution in [0.15, 0.2) is 6.07 Å². The minimum absolute atomic E-state index is 0.0787. The standard InChI is InChI=1S/C15H23NOS/c1-5-10-6-7-12-11(8-10)9-13(18-12)14(17)16-15(2,3)4/h9-10H,5-8H2,1-4H3,(H,16,17). The van der Waals surface area contributed by atoms with Crippen LogP contribution in [0.2, 0.25) is 0 Å². The monoisotopic (exact) mass is 265 g/mol. The second-order valence-electron chi connectivity index (χ2n) is 6.28. The molecule has 18 heavy (non-hydrogen) atoms. The van der Waals surface area contributed by atoms with Crippen LogP contribution < -0.4 is 5.32 Å². The fourth-order valence-corrected chi connectivity index (χ4v) is 3.57. The van der Waals surface area contributed by atoms with Crippen LogP contribution in [0.25, 0.3) is 0 Å². The Bertz CT molecular complexity index is 442. The highest BCUT2D eigenvalue weighted by molar-refractivity contribution is 7.14. The molecular weight excluding hydrogens is 242 g/mol.